The Balaban J connectivity index is 1.23. The van der Waals surface area contributed by atoms with Crippen LogP contribution in [0.1, 0.15) is 41.4 Å². The summed E-state index contributed by atoms with van der Waals surface area (Å²) in [6.45, 7) is 3.13. The lowest BCUT2D eigenvalue weighted by atomic mass is 9.96. The van der Waals surface area contributed by atoms with Crippen LogP contribution < -0.4 is 10.2 Å². The van der Waals surface area contributed by atoms with Gasteiger partial charge in [-0.05, 0) is 42.8 Å². The first-order chi connectivity index (χ1) is 15.2. The van der Waals surface area contributed by atoms with Crippen molar-refractivity contribution in [1.82, 2.24) is 25.1 Å². The molecule has 0 bridgehead atoms. The smallest absolute Gasteiger partial charge is 0.269 e. The Morgan fingerprint density at radius 1 is 1.26 bits per heavy atom. The zero-order valence-corrected chi connectivity index (χ0v) is 18.3. The predicted molar refractivity (Wildman–Crippen MR) is 119 cm³/mol. The van der Waals surface area contributed by atoms with Crippen molar-refractivity contribution in [1.29, 1.82) is 0 Å². The summed E-state index contributed by atoms with van der Waals surface area (Å²) in [6, 6.07) is 7.93. The first-order valence-corrected chi connectivity index (χ1v) is 11.6. The number of amides is 1. The fourth-order valence-corrected chi connectivity index (χ4v) is 4.96. The molecular formula is C22H26N6O2S. The maximum absolute atomic E-state index is 12.9. The average molecular weight is 439 g/mol. The third kappa shape index (κ3) is 4.33. The van der Waals surface area contributed by atoms with E-state index in [2.05, 4.69) is 20.3 Å². The predicted octanol–water partition coefficient (Wildman–Crippen LogP) is 2.84. The second-order valence-corrected chi connectivity index (χ2v) is 9.04. The second-order valence-electron chi connectivity index (χ2n) is 8.09. The maximum Gasteiger partial charge on any atom is 0.269 e. The van der Waals surface area contributed by atoms with E-state index < -0.39 is 0 Å². The minimum Gasteiger partial charge on any atom is -0.381 e. The first kappa shape index (κ1) is 20.1. The van der Waals surface area contributed by atoms with Crippen molar-refractivity contribution in [3.63, 3.8) is 0 Å². The molecule has 31 heavy (non-hydrogen) atoms. The van der Waals surface area contributed by atoms with Gasteiger partial charge in [0.15, 0.2) is 0 Å². The van der Waals surface area contributed by atoms with Crippen LogP contribution in [0.3, 0.4) is 0 Å². The first-order valence-electron chi connectivity index (χ1n) is 10.7. The molecule has 2 aliphatic rings. The molecule has 1 unspecified atom stereocenters. The van der Waals surface area contributed by atoms with Crippen molar-refractivity contribution in [3.8, 4) is 10.6 Å². The summed E-state index contributed by atoms with van der Waals surface area (Å²) < 4.78 is 7.12. The number of aryl methyl sites for hydroxylation is 1. The van der Waals surface area contributed by atoms with Gasteiger partial charge in [0.2, 0.25) is 5.95 Å². The Kier molecular flexibility index (Phi) is 5.69. The van der Waals surface area contributed by atoms with E-state index in [9.17, 15) is 4.79 Å². The maximum atomic E-state index is 12.9. The van der Waals surface area contributed by atoms with Crippen LogP contribution in [0.5, 0.6) is 0 Å². The van der Waals surface area contributed by atoms with E-state index in [4.69, 9.17) is 9.72 Å². The van der Waals surface area contributed by atoms with Crippen LogP contribution in [0.2, 0.25) is 0 Å². The van der Waals surface area contributed by atoms with E-state index in [-0.39, 0.29) is 11.9 Å². The van der Waals surface area contributed by atoms with Crippen molar-refractivity contribution in [2.75, 3.05) is 31.2 Å². The lowest BCUT2D eigenvalue weighted by Gasteiger charge is -2.23. The zero-order chi connectivity index (χ0) is 21.2. The van der Waals surface area contributed by atoms with Crippen LogP contribution >= 0.6 is 11.3 Å². The van der Waals surface area contributed by atoms with Crippen molar-refractivity contribution in [3.05, 3.63) is 47.2 Å². The molecule has 1 amide bonds. The fourth-order valence-electron chi connectivity index (χ4n) is 4.28. The highest BCUT2D eigenvalue weighted by Gasteiger charge is 2.28. The molecule has 3 aromatic rings. The molecule has 0 aromatic carbocycles. The monoisotopic (exact) mass is 438 g/mol. The summed E-state index contributed by atoms with van der Waals surface area (Å²) in [4.78, 5) is 25.4. The van der Waals surface area contributed by atoms with Crippen LogP contribution in [0.4, 0.5) is 5.95 Å². The number of hydrogen-bond acceptors (Lipinski definition) is 7. The van der Waals surface area contributed by atoms with Crippen LogP contribution in [0.15, 0.2) is 35.8 Å². The second kappa shape index (κ2) is 8.76. The summed E-state index contributed by atoms with van der Waals surface area (Å²) in [7, 11) is 1.81. The van der Waals surface area contributed by atoms with Gasteiger partial charge in [0.05, 0.1) is 4.88 Å². The fraction of sp³-hybridized carbons (Fsp3) is 0.455. The number of ether oxygens (including phenoxy) is 1. The van der Waals surface area contributed by atoms with Gasteiger partial charge in [-0.25, -0.2) is 9.97 Å². The number of aromatic nitrogens is 4. The van der Waals surface area contributed by atoms with Crippen LogP contribution in [0.25, 0.3) is 10.6 Å². The van der Waals surface area contributed by atoms with Gasteiger partial charge >= 0.3 is 0 Å². The Bertz CT molecular complexity index is 1040. The molecule has 9 heteroatoms. The van der Waals surface area contributed by atoms with Crippen molar-refractivity contribution in [2.24, 2.45) is 7.05 Å². The van der Waals surface area contributed by atoms with Gasteiger partial charge in [-0.1, -0.05) is 6.07 Å². The van der Waals surface area contributed by atoms with Crippen molar-refractivity contribution < 1.29 is 9.53 Å². The molecule has 2 saturated heterocycles. The van der Waals surface area contributed by atoms with Crippen molar-refractivity contribution in [2.45, 2.75) is 31.2 Å². The summed E-state index contributed by atoms with van der Waals surface area (Å²) >= 11 is 1.62. The van der Waals surface area contributed by atoms with Gasteiger partial charge in [0.1, 0.15) is 11.4 Å². The number of nitrogens with zero attached hydrogens (tertiary/aromatic N) is 5. The van der Waals surface area contributed by atoms with E-state index in [1.165, 1.54) is 0 Å². The van der Waals surface area contributed by atoms with Gasteiger partial charge in [-0.2, -0.15) is 5.10 Å². The molecule has 162 valence electrons. The van der Waals surface area contributed by atoms with Crippen molar-refractivity contribution >= 4 is 23.2 Å². The zero-order valence-electron chi connectivity index (χ0n) is 17.5. The van der Waals surface area contributed by atoms with Gasteiger partial charge in [-0.3, -0.25) is 9.48 Å². The Hall–Kier alpha value is -2.78. The molecule has 0 radical (unpaired) electrons. The average Bonchev–Trinajstić information content (AvgIpc) is 3.55. The normalized spacial score (nSPS) is 19.6. The molecule has 0 aliphatic carbocycles. The quantitative estimate of drug-likeness (QED) is 0.659. The van der Waals surface area contributed by atoms with Gasteiger partial charge < -0.3 is 15.0 Å². The highest BCUT2D eigenvalue weighted by molar-refractivity contribution is 7.13. The number of carbonyl (C=O) groups is 1. The standard InChI is InChI=1S/C22H26N6O2S/c1-27-19(13-18(26-27)20-3-2-12-31-20)21(29)24-16-5-9-28(14-16)22-23-8-4-17(25-22)15-6-10-30-11-7-15/h2-4,8,12-13,15-16H,5-7,9-11,14H2,1H3,(H,24,29). The van der Waals surface area contributed by atoms with E-state index >= 15 is 0 Å². The molecule has 8 nitrogen and oxygen atoms in total. The molecule has 0 saturated carbocycles. The molecule has 1 N–H and O–H groups in total. The minimum atomic E-state index is -0.0958. The molecule has 0 spiro atoms. The van der Waals surface area contributed by atoms with Crippen LogP contribution in [-0.4, -0.2) is 58.0 Å². The minimum absolute atomic E-state index is 0.0583. The number of thiophene rings is 1. The van der Waals surface area contributed by atoms with E-state index in [0.717, 1.165) is 61.2 Å². The molecule has 5 heterocycles. The number of carbonyl (C=O) groups excluding carboxylic acids is 1. The highest BCUT2D eigenvalue weighted by Crippen LogP contribution is 2.27. The highest BCUT2D eigenvalue weighted by atomic mass is 32.1. The Morgan fingerprint density at radius 3 is 2.94 bits per heavy atom. The summed E-state index contributed by atoms with van der Waals surface area (Å²) in [6.07, 6.45) is 4.73. The number of hydrogen-bond donors (Lipinski definition) is 1. The lowest BCUT2D eigenvalue weighted by molar-refractivity contribution is 0.0845. The summed E-state index contributed by atoms with van der Waals surface area (Å²) in [5, 5.41) is 9.66. The molecule has 5 rings (SSSR count). The van der Waals surface area contributed by atoms with Gasteiger partial charge in [0, 0.05) is 57.2 Å². The molecule has 1 atom stereocenters. The number of nitrogens with one attached hydrogen (secondary N) is 1. The van der Waals surface area contributed by atoms with Crippen LogP contribution in [-0.2, 0) is 11.8 Å². The molecule has 2 aliphatic heterocycles. The Labute approximate surface area is 185 Å². The number of rotatable bonds is 5. The van der Waals surface area contributed by atoms with E-state index in [1.807, 2.05) is 42.9 Å². The van der Waals surface area contributed by atoms with Gasteiger partial charge in [-0.15, -0.1) is 11.3 Å². The summed E-state index contributed by atoms with van der Waals surface area (Å²) in [5.41, 5.74) is 2.49. The molecular weight excluding hydrogens is 412 g/mol. The SMILES string of the molecule is Cn1nc(-c2cccs2)cc1C(=O)NC1CCN(c2nccc(C3CCOCC3)n2)C1. The van der Waals surface area contributed by atoms with Gasteiger partial charge in [0.25, 0.3) is 5.91 Å². The third-order valence-electron chi connectivity index (χ3n) is 6.00. The number of anilines is 1. The van der Waals surface area contributed by atoms with E-state index in [1.54, 1.807) is 16.0 Å². The third-order valence-corrected chi connectivity index (χ3v) is 6.89. The molecule has 3 aromatic heterocycles. The topological polar surface area (TPSA) is 85.2 Å². The molecule has 2 fully saturated rings. The van der Waals surface area contributed by atoms with Crippen LogP contribution in [0, 0.1) is 0 Å². The largest absolute Gasteiger partial charge is 0.381 e. The Morgan fingerprint density at radius 2 is 2.13 bits per heavy atom. The lowest BCUT2D eigenvalue weighted by Crippen LogP contribution is -2.38. The summed E-state index contributed by atoms with van der Waals surface area (Å²) in [5.74, 6) is 1.10. The van der Waals surface area contributed by atoms with E-state index in [0.29, 0.717) is 18.2 Å².